The van der Waals surface area contributed by atoms with Gasteiger partial charge in [0.2, 0.25) is 0 Å². The highest BCUT2D eigenvalue weighted by Gasteiger charge is 2.28. The van der Waals surface area contributed by atoms with Gasteiger partial charge >= 0.3 is 0 Å². The van der Waals surface area contributed by atoms with Crippen LogP contribution in [0.3, 0.4) is 0 Å². The number of halogens is 1. The lowest BCUT2D eigenvalue weighted by molar-refractivity contribution is 0.0693. The molecule has 1 aromatic carbocycles. The Balaban J connectivity index is 2.22. The number of rotatable bonds is 5. The van der Waals surface area contributed by atoms with Crippen molar-refractivity contribution in [3.8, 4) is 11.5 Å². The summed E-state index contributed by atoms with van der Waals surface area (Å²) in [7, 11) is 1.53. The van der Waals surface area contributed by atoms with Crippen molar-refractivity contribution in [1.82, 2.24) is 4.90 Å². The molecule has 0 aromatic heterocycles. The van der Waals surface area contributed by atoms with E-state index in [0.717, 1.165) is 18.2 Å². The summed E-state index contributed by atoms with van der Waals surface area (Å²) in [6.07, 6.45) is 4.45. The number of hydrogen-bond acceptors (Lipinski definition) is 3. The van der Waals surface area contributed by atoms with Crippen molar-refractivity contribution < 1.29 is 14.6 Å². The Hall–Kier alpha value is -1.23. The number of nitrogens with zero attached hydrogens (tertiary/aromatic N) is 1. The molecule has 0 saturated heterocycles. The predicted molar refractivity (Wildman–Crippen MR) is 81.7 cm³/mol. The average molecular weight is 342 g/mol. The molecule has 1 aromatic rings. The highest BCUT2D eigenvalue weighted by atomic mass is 79.9. The molecule has 2 rings (SSSR count). The second kappa shape index (κ2) is 6.97. The maximum Gasteiger partial charge on any atom is 0.257 e. The molecule has 4 nitrogen and oxygen atoms in total. The number of carbonyl (C=O) groups is 1. The first-order valence-electron chi connectivity index (χ1n) is 6.91. The van der Waals surface area contributed by atoms with Gasteiger partial charge in [-0.3, -0.25) is 4.79 Å². The van der Waals surface area contributed by atoms with E-state index in [2.05, 4.69) is 15.9 Å². The second-order valence-corrected chi connectivity index (χ2v) is 5.80. The van der Waals surface area contributed by atoms with Gasteiger partial charge in [-0.2, -0.15) is 0 Å². The quantitative estimate of drug-likeness (QED) is 0.836. The Morgan fingerprint density at radius 3 is 2.70 bits per heavy atom. The Bertz CT molecular complexity index is 472. The third-order valence-corrected chi connectivity index (χ3v) is 4.14. The number of carbonyl (C=O) groups excluding carboxylic acids is 1. The zero-order chi connectivity index (χ0) is 14.5. The standard InChI is InChI=1S/C15H20BrNO3/c1-20-12-6-7-13(14(18)10-12)15(19)17(9-8-16)11-4-2-3-5-11/h6-7,10-11,18H,2-5,8-9H2,1H3. The summed E-state index contributed by atoms with van der Waals surface area (Å²) in [5, 5.41) is 10.8. The van der Waals surface area contributed by atoms with Gasteiger partial charge in [0.1, 0.15) is 11.5 Å². The van der Waals surface area contributed by atoms with E-state index in [4.69, 9.17) is 4.74 Å². The van der Waals surface area contributed by atoms with E-state index < -0.39 is 0 Å². The van der Waals surface area contributed by atoms with Crippen LogP contribution < -0.4 is 4.74 Å². The molecule has 1 aliphatic carbocycles. The molecule has 0 spiro atoms. The lowest BCUT2D eigenvalue weighted by Crippen LogP contribution is -2.40. The zero-order valence-electron chi connectivity index (χ0n) is 11.6. The number of alkyl halides is 1. The van der Waals surface area contributed by atoms with Crippen LogP contribution in [0, 0.1) is 0 Å². The number of amides is 1. The van der Waals surface area contributed by atoms with Crippen LogP contribution in [0.1, 0.15) is 36.0 Å². The Morgan fingerprint density at radius 1 is 1.45 bits per heavy atom. The SMILES string of the molecule is COc1ccc(C(=O)N(CCBr)C2CCCC2)c(O)c1. The van der Waals surface area contributed by atoms with Crippen molar-refractivity contribution in [1.29, 1.82) is 0 Å². The van der Waals surface area contributed by atoms with Gasteiger partial charge in [-0.25, -0.2) is 0 Å². The van der Waals surface area contributed by atoms with Gasteiger partial charge in [0.05, 0.1) is 12.7 Å². The van der Waals surface area contributed by atoms with E-state index in [1.807, 2.05) is 4.90 Å². The predicted octanol–water partition coefficient (Wildman–Crippen LogP) is 3.18. The number of methoxy groups -OCH3 is 1. The van der Waals surface area contributed by atoms with Crippen molar-refractivity contribution in [2.75, 3.05) is 19.0 Å². The number of phenols is 1. The molecule has 0 radical (unpaired) electrons. The minimum absolute atomic E-state index is 0.0214. The minimum Gasteiger partial charge on any atom is -0.507 e. The fraction of sp³-hybridized carbons (Fsp3) is 0.533. The Kier molecular flexibility index (Phi) is 5.29. The number of phenolic OH excluding ortho intramolecular Hbond substituents is 1. The van der Waals surface area contributed by atoms with Gasteiger partial charge in [0.25, 0.3) is 5.91 Å². The summed E-state index contributed by atoms with van der Waals surface area (Å²) in [6.45, 7) is 0.662. The molecule has 0 unspecified atom stereocenters. The normalized spacial score (nSPS) is 15.3. The minimum atomic E-state index is -0.100. The van der Waals surface area contributed by atoms with Gasteiger partial charge in [-0.15, -0.1) is 0 Å². The van der Waals surface area contributed by atoms with Gasteiger partial charge in [0.15, 0.2) is 0 Å². The molecular weight excluding hydrogens is 322 g/mol. The first kappa shape index (κ1) is 15.2. The van der Waals surface area contributed by atoms with E-state index in [0.29, 0.717) is 23.9 Å². The van der Waals surface area contributed by atoms with Crippen LogP contribution in [0.5, 0.6) is 11.5 Å². The first-order chi connectivity index (χ1) is 9.67. The van der Waals surface area contributed by atoms with Gasteiger partial charge < -0.3 is 14.7 Å². The molecule has 0 bridgehead atoms. The van der Waals surface area contributed by atoms with Crippen LogP contribution in [-0.2, 0) is 0 Å². The van der Waals surface area contributed by atoms with Crippen molar-refractivity contribution in [3.63, 3.8) is 0 Å². The molecule has 0 aliphatic heterocycles. The Morgan fingerprint density at radius 2 is 2.15 bits per heavy atom. The Labute approximate surface area is 127 Å². The maximum atomic E-state index is 12.6. The van der Waals surface area contributed by atoms with Crippen LogP contribution in [-0.4, -0.2) is 40.9 Å². The average Bonchev–Trinajstić information content (AvgIpc) is 2.97. The lowest BCUT2D eigenvalue weighted by Gasteiger charge is -2.28. The van der Waals surface area contributed by atoms with Gasteiger partial charge in [-0.05, 0) is 25.0 Å². The van der Waals surface area contributed by atoms with Gasteiger partial charge in [0, 0.05) is 24.0 Å². The van der Waals surface area contributed by atoms with Crippen molar-refractivity contribution in [2.24, 2.45) is 0 Å². The fourth-order valence-electron chi connectivity index (χ4n) is 2.73. The van der Waals surface area contributed by atoms with Gasteiger partial charge in [-0.1, -0.05) is 28.8 Å². The summed E-state index contributed by atoms with van der Waals surface area (Å²) in [4.78, 5) is 14.5. The van der Waals surface area contributed by atoms with E-state index >= 15 is 0 Å². The monoisotopic (exact) mass is 341 g/mol. The second-order valence-electron chi connectivity index (χ2n) is 5.01. The third-order valence-electron chi connectivity index (χ3n) is 3.79. The fourth-order valence-corrected chi connectivity index (χ4v) is 3.11. The van der Waals surface area contributed by atoms with Crippen molar-refractivity contribution >= 4 is 21.8 Å². The lowest BCUT2D eigenvalue weighted by atomic mass is 10.1. The van der Waals surface area contributed by atoms with Crippen molar-refractivity contribution in [2.45, 2.75) is 31.7 Å². The van der Waals surface area contributed by atoms with E-state index in [-0.39, 0.29) is 11.7 Å². The number of hydrogen-bond donors (Lipinski definition) is 1. The van der Waals surface area contributed by atoms with Crippen LogP contribution in [0.4, 0.5) is 0 Å². The molecule has 1 N–H and O–H groups in total. The van der Waals surface area contributed by atoms with E-state index in [9.17, 15) is 9.90 Å². The van der Waals surface area contributed by atoms with E-state index in [1.165, 1.54) is 26.0 Å². The molecule has 0 heterocycles. The molecule has 1 saturated carbocycles. The summed E-state index contributed by atoms with van der Waals surface area (Å²) in [5.74, 6) is 0.426. The zero-order valence-corrected chi connectivity index (χ0v) is 13.2. The molecule has 0 atom stereocenters. The molecule has 1 aliphatic rings. The van der Waals surface area contributed by atoms with Crippen LogP contribution >= 0.6 is 15.9 Å². The van der Waals surface area contributed by atoms with Crippen molar-refractivity contribution in [3.05, 3.63) is 23.8 Å². The summed E-state index contributed by atoms with van der Waals surface area (Å²) >= 11 is 3.40. The third kappa shape index (κ3) is 3.26. The smallest absolute Gasteiger partial charge is 0.257 e. The maximum absolute atomic E-state index is 12.6. The molecule has 1 fully saturated rings. The number of benzene rings is 1. The molecule has 1 amide bonds. The van der Waals surface area contributed by atoms with Crippen LogP contribution in [0.15, 0.2) is 18.2 Å². The molecule has 5 heteroatoms. The van der Waals surface area contributed by atoms with Crippen LogP contribution in [0.2, 0.25) is 0 Å². The summed E-state index contributed by atoms with van der Waals surface area (Å²) in [5.41, 5.74) is 0.346. The molecule has 20 heavy (non-hydrogen) atoms. The molecular formula is C15H20BrNO3. The summed E-state index contributed by atoms with van der Waals surface area (Å²) < 4.78 is 5.05. The van der Waals surface area contributed by atoms with Crippen LogP contribution in [0.25, 0.3) is 0 Å². The highest BCUT2D eigenvalue weighted by molar-refractivity contribution is 9.09. The topological polar surface area (TPSA) is 49.8 Å². The largest absolute Gasteiger partial charge is 0.507 e. The number of ether oxygens (including phenoxy) is 1. The first-order valence-corrected chi connectivity index (χ1v) is 8.03. The highest BCUT2D eigenvalue weighted by Crippen LogP contribution is 2.29. The number of aromatic hydroxyl groups is 1. The summed E-state index contributed by atoms with van der Waals surface area (Å²) in [6, 6.07) is 5.11. The molecule has 110 valence electrons. The van der Waals surface area contributed by atoms with E-state index in [1.54, 1.807) is 12.1 Å².